The number of anilines is 3. The molecule has 1 heterocycles. The Morgan fingerprint density at radius 2 is 0.917 bits per heavy atom. The lowest BCUT2D eigenvalue weighted by molar-refractivity contribution is 1.09. The fourth-order valence-corrected chi connectivity index (χ4v) is 0.427. The van der Waals surface area contributed by atoms with E-state index in [0.29, 0.717) is 0 Å². The summed E-state index contributed by atoms with van der Waals surface area (Å²) in [6, 6.07) is 0. The summed E-state index contributed by atoms with van der Waals surface area (Å²) in [5.74, 6) is 0.125. The summed E-state index contributed by atoms with van der Waals surface area (Å²) < 4.78 is 0. The van der Waals surface area contributed by atoms with E-state index in [-0.39, 0.29) is 17.8 Å². The Balaban J connectivity index is 0.000000200. The molecule has 0 bridgehead atoms. The van der Waals surface area contributed by atoms with Gasteiger partial charge in [-0.15, -0.1) is 0 Å². The Kier molecular flexibility index (Phi) is 2.62. The van der Waals surface area contributed by atoms with Crippen molar-refractivity contribution in [2.75, 3.05) is 17.2 Å². The van der Waals surface area contributed by atoms with Crippen LogP contribution in [0.1, 0.15) is 19.3 Å². The molecule has 6 N–H and O–H groups in total. The number of rotatable bonds is 0. The van der Waals surface area contributed by atoms with E-state index in [1.807, 2.05) is 0 Å². The van der Waals surface area contributed by atoms with Gasteiger partial charge >= 0.3 is 0 Å². The molecule has 0 aromatic carbocycles. The summed E-state index contributed by atoms with van der Waals surface area (Å²) >= 11 is 0. The standard InChI is InChI=1S/C3H6N6.C3H6/c4-1-7-2(5)9-3(6)8-1;1-2-3-1/h(H6,4,5,6,7,8,9);1-3H2. The molecule has 0 spiro atoms. The van der Waals surface area contributed by atoms with Crippen molar-refractivity contribution >= 4 is 17.8 Å². The highest BCUT2D eigenvalue weighted by molar-refractivity contribution is 5.33. The van der Waals surface area contributed by atoms with E-state index in [1.54, 1.807) is 0 Å². The van der Waals surface area contributed by atoms with Crippen molar-refractivity contribution < 1.29 is 0 Å². The topological polar surface area (TPSA) is 117 Å². The highest BCUT2D eigenvalue weighted by Crippen LogP contribution is 2.14. The third kappa shape index (κ3) is 3.55. The molecule has 12 heavy (non-hydrogen) atoms. The maximum Gasteiger partial charge on any atom is 0.226 e. The van der Waals surface area contributed by atoms with Crippen LogP contribution in [-0.2, 0) is 0 Å². The van der Waals surface area contributed by atoms with Crippen LogP contribution < -0.4 is 17.2 Å². The fourth-order valence-electron chi connectivity index (χ4n) is 0.427. The Morgan fingerprint density at radius 3 is 1.08 bits per heavy atom. The molecule has 1 saturated carbocycles. The van der Waals surface area contributed by atoms with Crippen LogP contribution >= 0.6 is 0 Å². The van der Waals surface area contributed by atoms with Gasteiger partial charge in [0.15, 0.2) is 0 Å². The molecule has 1 aromatic heterocycles. The molecule has 1 aromatic rings. The summed E-state index contributed by atoms with van der Waals surface area (Å²) in [6.45, 7) is 0. The molecule has 6 heteroatoms. The van der Waals surface area contributed by atoms with Gasteiger partial charge in [0, 0.05) is 0 Å². The zero-order chi connectivity index (χ0) is 8.97. The zero-order valence-electron chi connectivity index (χ0n) is 6.70. The zero-order valence-corrected chi connectivity index (χ0v) is 6.70. The lowest BCUT2D eigenvalue weighted by atomic mass is 10.9. The molecular formula is C6H12N6. The summed E-state index contributed by atoms with van der Waals surface area (Å²) in [6.07, 6.45) is 4.50. The number of nitrogens with two attached hydrogens (primary N) is 3. The van der Waals surface area contributed by atoms with E-state index >= 15 is 0 Å². The van der Waals surface area contributed by atoms with Gasteiger partial charge < -0.3 is 17.2 Å². The molecular weight excluding hydrogens is 156 g/mol. The number of hydrogen-bond donors (Lipinski definition) is 3. The lowest BCUT2D eigenvalue weighted by Crippen LogP contribution is -2.05. The van der Waals surface area contributed by atoms with Crippen molar-refractivity contribution in [3.63, 3.8) is 0 Å². The van der Waals surface area contributed by atoms with E-state index in [1.165, 1.54) is 19.3 Å². The normalized spacial score (nSPS) is 13.0. The Bertz CT molecular complexity index is 205. The largest absolute Gasteiger partial charge is 0.368 e. The fraction of sp³-hybridized carbons (Fsp3) is 0.500. The maximum atomic E-state index is 5.14. The van der Waals surface area contributed by atoms with Crippen LogP contribution in [0.15, 0.2) is 0 Å². The van der Waals surface area contributed by atoms with Gasteiger partial charge in [0.25, 0.3) is 0 Å². The third-order valence-electron chi connectivity index (χ3n) is 1.04. The van der Waals surface area contributed by atoms with E-state index in [0.717, 1.165) is 0 Å². The van der Waals surface area contributed by atoms with Crippen molar-refractivity contribution in [3.05, 3.63) is 0 Å². The Morgan fingerprint density at radius 1 is 0.667 bits per heavy atom. The molecule has 1 aliphatic carbocycles. The minimum Gasteiger partial charge on any atom is -0.368 e. The van der Waals surface area contributed by atoms with Gasteiger partial charge in [-0.25, -0.2) is 0 Å². The summed E-state index contributed by atoms with van der Waals surface area (Å²) in [4.78, 5) is 10.5. The molecule has 0 aliphatic heterocycles. The number of nitrogen functional groups attached to an aromatic ring is 3. The van der Waals surface area contributed by atoms with Crippen LogP contribution in [0, 0.1) is 0 Å². The van der Waals surface area contributed by atoms with Gasteiger partial charge in [0.1, 0.15) is 0 Å². The highest BCUT2D eigenvalue weighted by atomic mass is 15.2. The summed E-state index contributed by atoms with van der Waals surface area (Å²) in [5, 5.41) is 0. The van der Waals surface area contributed by atoms with Crippen LogP contribution in [0.2, 0.25) is 0 Å². The van der Waals surface area contributed by atoms with Crippen LogP contribution in [0.3, 0.4) is 0 Å². The van der Waals surface area contributed by atoms with E-state index in [2.05, 4.69) is 15.0 Å². The van der Waals surface area contributed by atoms with Crippen molar-refractivity contribution in [1.29, 1.82) is 0 Å². The van der Waals surface area contributed by atoms with Gasteiger partial charge in [0.2, 0.25) is 17.8 Å². The molecule has 2 rings (SSSR count). The first-order valence-corrected chi connectivity index (χ1v) is 3.71. The molecule has 0 saturated heterocycles. The van der Waals surface area contributed by atoms with Crippen LogP contribution in [0.4, 0.5) is 17.8 Å². The summed E-state index contributed by atoms with van der Waals surface area (Å²) in [7, 11) is 0. The highest BCUT2D eigenvalue weighted by Gasteiger charge is 1.95. The van der Waals surface area contributed by atoms with Crippen molar-refractivity contribution in [1.82, 2.24) is 15.0 Å². The molecule has 66 valence electrons. The van der Waals surface area contributed by atoms with Crippen molar-refractivity contribution in [2.45, 2.75) is 19.3 Å². The molecule has 6 nitrogen and oxygen atoms in total. The average molecular weight is 168 g/mol. The van der Waals surface area contributed by atoms with Gasteiger partial charge in [0.05, 0.1) is 0 Å². The number of hydrogen-bond acceptors (Lipinski definition) is 6. The second-order valence-corrected chi connectivity index (χ2v) is 2.47. The third-order valence-corrected chi connectivity index (χ3v) is 1.04. The van der Waals surface area contributed by atoms with Gasteiger partial charge in [-0.05, 0) is 0 Å². The predicted octanol–water partition coefficient (Wildman–Crippen LogP) is -0.212. The van der Waals surface area contributed by atoms with Crippen LogP contribution in [0.5, 0.6) is 0 Å². The average Bonchev–Trinajstić information content (AvgIpc) is 2.65. The second kappa shape index (κ2) is 3.70. The number of aromatic nitrogens is 3. The maximum absolute atomic E-state index is 5.14. The minimum absolute atomic E-state index is 0.0417. The SMILES string of the molecule is C1CC1.Nc1nc(N)nc(N)n1. The smallest absolute Gasteiger partial charge is 0.226 e. The summed E-state index contributed by atoms with van der Waals surface area (Å²) in [5.41, 5.74) is 15.4. The predicted molar refractivity (Wildman–Crippen MR) is 46.9 cm³/mol. The molecule has 1 fully saturated rings. The minimum atomic E-state index is 0.0417. The monoisotopic (exact) mass is 168 g/mol. The first-order valence-electron chi connectivity index (χ1n) is 3.71. The molecule has 0 atom stereocenters. The first-order chi connectivity index (χ1) is 5.68. The van der Waals surface area contributed by atoms with E-state index < -0.39 is 0 Å². The van der Waals surface area contributed by atoms with Gasteiger partial charge in [-0.1, -0.05) is 19.3 Å². The molecule has 0 radical (unpaired) electrons. The van der Waals surface area contributed by atoms with E-state index in [9.17, 15) is 0 Å². The Hall–Kier alpha value is -1.59. The van der Waals surface area contributed by atoms with Crippen LogP contribution in [0.25, 0.3) is 0 Å². The molecule has 0 amide bonds. The molecule has 0 unspecified atom stereocenters. The van der Waals surface area contributed by atoms with Crippen molar-refractivity contribution in [3.8, 4) is 0 Å². The second-order valence-electron chi connectivity index (χ2n) is 2.47. The van der Waals surface area contributed by atoms with E-state index in [4.69, 9.17) is 17.2 Å². The quantitative estimate of drug-likeness (QED) is 0.493. The van der Waals surface area contributed by atoms with Gasteiger partial charge in [-0.3, -0.25) is 0 Å². The van der Waals surface area contributed by atoms with Gasteiger partial charge in [-0.2, -0.15) is 15.0 Å². The number of nitrogens with zero attached hydrogens (tertiary/aromatic N) is 3. The van der Waals surface area contributed by atoms with Crippen molar-refractivity contribution in [2.24, 2.45) is 0 Å². The van der Waals surface area contributed by atoms with Crippen LogP contribution in [-0.4, -0.2) is 15.0 Å². The lowest BCUT2D eigenvalue weighted by Gasteiger charge is -1.93. The Labute approximate surface area is 70.2 Å². The first kappa shape index (κ1) is 8.51. The molecule has 1 aliphatic rings.